The Bertz CT molecular complexity index is 531. The van der Waals surface area contributed by atoms with Crippen LogP contribution in [0.1, 0.15) is 5.69 Å². The zero-order valence-electron chi connectivity index (χ0n) is 8.77. The molecule has 1 heterocycles. The molecule has 2 aromatic rings. The third-order valence-electron chi connectivity index (χ3n) is 2.69. The minimum Gasteiger partial charge on any atom is -0.496 e. The summed E-state index contributed by atoms with van der Waals surface area (Å²) in [4.78, 5) is 0. The molecule has 1 aromatic carbocycles. The van der Waals surface area contributed by atoms with E-state index in [0.29, 0.717) is 11.4 Å². The number of fused-ring (bicyclic) bond motifs is 1. The number of nitrogens with zero attached hydrogens (tertiary/aromatic N) is 1. The highest BCUT2D eigenvalue weighted by molar-refractivity contribution is 5.88. The van der Waals surface area contributed by atoms with Crippen molar-refractivity contribution in [1.82, 2.24) is 4.57 Å². The molecule has 0 N–H and O–H groups in total. The fourth-order valence-corrected chi connectivity index (χ4v) is 1.75. The number of hydrogen-bond donors (Lipinski definition) is 0. The SMILES string of the molecule is COc1ccc(F)c2c1c(F)c(C)n2C. The summed E-state index contributed by atoms with van der Waals surface area (Å²) in [6.07, 6.45) is 0. The zero-order chi connectivity index (χ0) is 11.2. The second-order valence-electron chi connectivity index (χ2n) is 3.43. The van der Waals surface area contributed by atoms with E-state index < -0.39 is 11.6 Å². The minimum absolute atomic E-state index is 0.206. The van der Waals surface area contributed by atoms with Crippen molar-refractivity contribution in [3.8, 4) is 5.75 Å². The van der Waals surface area contributed by atoms with Crippen molar-refractivity contribution in [2.45, 2.75) is 6.92 Å². The molecule has 0 unspecified atom stereocenters. The molecule has 0 aliphatic heterocycles. The summed E-state index contributed by atoms with van der Waals surface area (Å²) in [6.45, 7) is 1.61. The van der Waals surface area contributed by atoms with Crippen LogP contribution in [0.3, 0.4) is 0 Å². The largest absolute Gasteiger partial charge is 0.496 e. The van der Waals surface area contributed by atoms with Gasteiger partial charge in [-0.25, -0.2) is 8.78 Å². The van der Waals surface area contributed by atoms with Crippen molar-refractivity contribution in [2.24, 2.45) is 7.05 Å². The molecule has 0 saturated carbocycles. The highest BCUT2D eigenvalue weighted by Gasteiger charge is 2.18. The molecule has 80 valence electrons. The van der Waals surface area contributed by atoms with Crippen molar-refractivity contribution in [3.05, 3.63) is 29.5 Å². The van der Waals surface area contributed by atoms with Crippen LogP contribution < -0.4 is 4.74 Å². The van der Waals surface area contributed by atoms with Gasteiger partial charge < -0.3 is 9.30 Å². The van der Waals surface area contributed by atoms with Crippen LogP contribution in [0.4, 0.5) is 8.78 Å². The van der Waals surface area contributed by atoms with E-state index in [1.807, 2.05) is 0 Å². The molecule has 4 heteroatoms. The maximum Gasteiger partial charge on any atom is 0.155 e. The molecule has 0 aliphatic rings. The number of rotatable bonds is 1. The van der Waals surface area contributed by atoms with E-state index in [1.165, 1.54) is 23.8 Å². The predicted molar refractivity (Wildman–Crippen MR) is 54.1 cm³/mol. The van der Waals surface area contributed by atoms with Gasteiger partial charge in [-0.2, -0.15) is 0 Å². The molecule has 0 saturated heterocycles. The van der Waals surface area contributed by atoms with Gasteiger partial charge in [-0.05, 0) is 19.1 Å². The van der Waals surface area contributed by atoms with Crippen LogP contribution in [0.25, 0.3) is 10.9 Å². The van der Waals surface area contributed by atoms with E-state index in [-0.39, 0.29) is 10.9 Å². The molecule has 0 fully saturated rings. The first kappa shape index (κ1) is 9.96. The van der Waals surface area contributed by atoms with E-state index >= 15 is 0 Å². The van der Waals surface area contributed by atoms with E-state index in [2.05, 4.69) is 0 Å². The minimum atomic E-state index is -0.444. The lowest BCUT2D eigenvalue weighted by molar-refractivity contribution is 0.417. The molecular weight excluding hydrogens is 200 g/mol. The molecule has 0 amide bonds. The van der Waals surface area contributed by atoms with Crippen LogP contribution in [-0.4, -0.2) is 11.7 Å². The molecule has 1 aromatic heterocycles. The number of methoxy groups -OCH3 is 1. The lowest BCUT2D eigenvalue weighted by Crippen LogP contribution is -1.93. The number of aryl methyl sites for hydroxylation is 1. The fraction of sp³-hybridized carbons (Fsp3) is 0.273. The topological polar surface area (TPSA) is 14.2 Å². The highest BCUT2D eigenvalue weighted by Crippen LogP contribution is 2.33. The van der Waals surface area contributed by atoms with Gasteiger partial charge in [0.2, 0.25) is 0 Å². The average Bonchev–Trinajstić information content (AvgIpc) is 2.46. The van der Waals surface area contributed by atoms with Gasteiger partial charge in [0.05, 0.1) is 23.7 Å². The summed E-state index contributed by atoms with van der Waals surface area (Å²) < 4.78 is 33.8. The van der Waals surface area contributed by atoms with Gasteiger partial charge in [0, 0.05) is 7.05 Å². The normalized spacial score (nSPS) is 11.0. The van der Waals surface area contributed by atoms with Gasteiger partial charge in [-0.3, -0.25) is 0 Å². The van der Waals surface area contributed by atoms with Gasteiger partial charge in [0.15, 0.2) is 5.82 Å². The Kier molecular flexibility index (Phi) is 2.14. The van der Waals surface area contributed by atoms with Crippen molar-refractivity contribution >= 4 is 10.9 Å². The van der Waals surface area contributed by atoms with Gasteiger partial charge in [-0.15, -0.1) is 0 Å². The smallest absolute Gasteiger partial charge is 0.155 e. The standard InChI is InChI=1S/C11H11F2NO/c1-6-10(13)9-8(15-3)5-4-7(12)11(9)14(6)2/h4-5H,1-3H3. The molecule has 0 atom stereocenters. The predicted octanol–water partition coefficient (Wildman–Crippen LogP) is 2.77. The van der Waals surface area contributed by atoms with Crippen LogP contribution in [0, 0.1) is 18.6 Å². The average molecular weight is 211 g/mol. The summed E-state index contributed by atoms with van der Waals surface area (Å²) >= 11 is 0. The summed E-state index contributed by atoms with van der Waals surface area (Å²) in [5, 5.41) is 0.206. The molecule has 2 rings (SSSR count). The second-order valence-corrected chi connectivity index (χ2v) is 3.43. The third kappa shape index (κ3) is 1.21. The molecule has 0 spiro atoms. The van der Waals surface area contributed by atoms with Crippen molar-refractivity contribution < 1.29 is 13.5 Å². The fourth-order valence-electron chi connectivity index (χ4n) is 1.75. The lowest BCUT2D eigenvalue weighted by atomic mass is 10.2. The molecule has 15 heavy (non-hydrogen) atoms. The zero-order valence-corrected chi connectivity index (χ0v) is 8.77. The Balaban J connectivity index is 3.01. The van der Waals surface area contributed by atoms with Gasteiger partial charge >= 0.3 is 0 Å². The van der Waals surface area contributed by atoms with E-state index in [4.69, 9.17) is 4.74 Å². The van der Waals surface area contributed by atoms with E-state index in [1.54, 1.807) is 14.0 Å². The number of benzene rings is 1. The van der Waals surface area contributed by atoms with Gasteiger partial charge in [0.1, 0.15) is 11.6 Å². The number of hydrogen-bond acceptors (Lipinski definition) is 1. The highest BCUT2D eigenvalue weighted by atomic mass is 19.1. The van der Waals surface area contributed by atoms with Crippen molar-refractivity contribution in [3.63, 3.8) is 0 Å². The Morgan fingerprint density at radius 1 is 1.27 bits per heavy atom. The second kappa shape index (κ2) is 3.22. The molecule has 2 nitrogen and oxygen atoms in total. The number of aromatic nitrogens is 1. The van der Waals surface area contributed by atoms with Crippen LogP contribution in [-0.2, 0) is 7.05 Å². The Hall–Kier alpha value is -1.58. The summed E-state index contributed by atoms with van der Waals surface area (Å²) in [6, 6.07) is 2.71. The molecule has 0 bridgehead atoms. The lowest BCUT2D eigenvalue weighted by Gasteiger charge is -2.03. The van der Waals surface area contributed by atoms with Crippen LogP contribution >= 0.6 is 0 Å². The molecule has 0 radical (unpaired) electrons. The third-order valence-corrected chi connectivity index (χ3v) is 2.69. The van der Waals surface area contributed by atoms with Crippen LogP contribution in [0.2, 0.25) is 0 Å². The number of halogens is 2. The quantitative estimate of drug-likeness (QED) is 0.707. The monoisotopic (exact) mass is 211 g/mol. The van der Waals surface area contributed by atoms with Crippen molar-refractivity contribution in [2.75, 3.05) is 7.11 Å². The Morgan fingerprint density at radius 2 is 1.93 bits per heavy atom. The maximum atomic E-state index is 13.8. The first-order chi connectivity index (χ1) is 7.07. The van der Waals surface area contributed by atoms with Gasteiger partial charge in [-0.1, -0.05) is 0 Å². The summed E-state index contributed by atoms with van der Waals surface area (Å²) in [5.74, 6) is -0.517. The summed E-state index contributed by atoms with van der Waals surface area (Å²) in [5.41, 5.74) is 0.637. The maximum absolute atomic E-state index is 13.8. The Labute approximate surface area is 86.1 Å². The number of ether oxygens (including phenoxy) is 1. The Morgan fingerprint density at radius 3 is 2.53 bits per heavy atom. The van der Waals surface area contributed by atoms with E-state index in [0.717, 1.165) is 0 Å². The van der Waals surface area contributed by atoms with Crippen LogP contribution in [0.15, 0.2) is 12.1 Å². The molecular formula is C11H11F2NO. The van der Waals surface area contributed by atoms with Crippen molar-refractivity contribution in [1.29, 1.82) is 0 Å². The van der Waals surface area contributed by atoms with Gasteiger partial charge in [0.25, 0.3) is 0 Å². The molecule has 0 aliphatic carbocycles. The summed E-state index contributed by atoms with van der Waals surface area (Å²) in [7, 11) is 3.07. The first-order valence-electron chi connectivity index (χ1n) is 4.55. The van der Waals surface area contributed by atoms with E-state index in [9.17, 15) is 8.78 Å². The first-order valence-corrected chi connectivity index (χ1v) is 4.55. The van der Waals surface area contributed by atoms with Crippen LogP contribution in [0.5, 0.6) is 5.75 Å².